The van der Waals surface area contributed by atoms with Gasteiger partial charge in [0.2, 0.25) is 0 Å². The monoisotopic (exact) mass is 402 g/mol. The number of halogens is 1. The van der Waals surface area contributed by atoms with Gasteiger partial charge < -0.3 is 9.80 Å². The first-order valence-corrected chi connectivity index (χ1v) is 8.39. The van der Waals surface area contributed by atoms with Gasteiger partial charge >= 0.3 is 0 Å². The molecule has 18 heavy (non-hydrogen) atoms. The molecule has 0 aliphatic carbocycles. The third-order valence-corrected chi connectivity index (χ3v) is 5.64. The lowest BCUT2D eigenvalue weighted by atomic mass is 10.2. The molecule has 1 atom stereocenters. The van der Waals surface area contributed by atoms with E-state index in [2.05, 4.69) is 35.8 Å². The first kappa shape index (κ1) is 16.9. The van der Waals surface area contributed by atoms with E-state index in [1.807, 2.05) is 10.8 Å². The van der Waals surface area contributed by atoms with E-state index in [0.717, 1.165) is 5.17 Å². The number of rotatable bonds is 1. The highest BCUT2D eigenvalue weighted by molar-refractivity contribution is 14.0. The summed E-state index contributed by atoms with van der Waals surface area (Å²) < 4.78 is 0. The standard InChI is InChI=1S/C11H22N4S2.HI/c1-13(2)10-12-11(17-16-10)15-8-4-6-14(3)7-5-9-15;/h11H,4-9H2,1-3H3;1H. The van der Waals surface area contributed by atoms with E-state index in [4.69, 9.17) is 4.99 Å². The van der Waals surface area contributed by atoms with Crippen molar-refractivity contribution in [2.75, 3.05) is 47.3 Å². The molecule has 1 unspecified atom stereocenters. The Kier molecular flexibility index (Phi) is 7.67. The Morgan fingerprint density at radius 2 is 1.78 bits per heavy atom. The first-order valence-electron chi connectivity index (χ1n) is 6.18. The second-order valence-electron chi connectivity index (χ2n) is 4.86. The van der Waals surface area contributed by atoms with Gasteiger partial charge in [0.1, 0.15) is 0 Å². The minimum atomic E-state index is 0. The van der Waals surface area contributed by atoms with Crippen molar-refractivity contribution in [3.05, 3.63) is 0 Å². The van der Waals surface area contributed by atoms with Gasteiger partial charge in [-0.05, 0) is 54.6 Å². The molecular weight excluding hydrogens is 379 g/mol. The molecule has 2 aliphatic heterocycles. The first-order chi connectivity index (χ1) is 8.16. The fourth-order valence-electron chi connectivity index (χ4n) is 2.09. The van der Waals surface area contributed by atoms with Crippen LogP contribution in [0.3, 0.4) is 0 Å². The molecule has 2 heterocycles. The van der Waals surface area contributed by atoms with Crippen molar-refractivity contribution in [3.8, 4) is 0 Å². The molecule has 0 aromatic rings. The zero-order valence-corrected chi connectivity index (χ0v) is 15.3. The van der Waals surface area contributed by atoms with Crippen LogP contribution < -0.4 is 0 Å². The van der Waals surface area contributed by atoms with Gasteiger partial charge in [-0.1, -0.05) is 0 Å². The van der Waals surface area contributed by atoms with Crippen LogP contribution in [-0.4, -0.2) is 72.7 Å². The van der Waals surface area contributed by atoms with Gasteiger partial charge in [0.05, 0.1) is 0 Å². The quantitative estimate of drug-likeness (QED) is 0.494. The molecule has 0 N–H and O–H groups in total. The van der Waals surface area contributed by atoms with Crippen molar-refractivity contribution >= 4 is 50.7 Å². The maximum Gasteiger partial charge on any atom is 0.172 e. The summed E-state index contributed by atoms with van der Waals surface area (Å²) in [7, 11) is 10.0. The number of hydrogen-bond acceptors (Lipinski definition) is 6. The third-order valence-electron chi connectivity index (χ3n) is 3.09. The van der Waals surface area contributed by atoms with E-state index in [1.54, 1.807) is 10.8 Å². The minimum absolute atomic E-state index is 0. The topological polar surface area (TPSA) is 22.1 Å². The van der Waals surface area contributed by atoms with E-state index in [9.17, 15) is 0 Å². The lowest BCUT2D eigenvalue weighted by molar-refractivity contribution is 0.194. The Bertz CT molecular complexity index is 278. The largest absolute Gasteiger partial charge is 0.357 e. The maximum atomic E-state index is 4.78. The van der Waals surface area contributed by atoms with Crippen LogP contribution in [-0.2, 0) is 0 Å². The summed E-state index contributed by atoms with van der Waals surface area (Å²) in [5.41, 5.74) is 0.334. The molecule has 1 fully saturated rings. The molecule has 106 valence electrons. The number of aliphatic imine (C=N–C) groups is 1. The summed E-state index contributed by atoms with van der Waals surface area (Å²) in [6, 6.07) is 0. The SMILES string of the molecule is CN1CCCN(C2N=C(N(C)C)SS2)CCC1.I. The van der Waals surface area contributed by atoms with Gasteiger partial charge in [-0.2, -0.15) is 0 Å². The predicted octanol–water partition coefficient (Wildman–Crippen LogP) is 2.23. The maximum absolute atomic E-state index is 4.78. The van der Waals surface area contributed by atoms with Crippen LogP contribution >= 0.6 is 45.6 Å². The van der Waals surface area contributed by atoms with Gasteiger partial charge in [0.25, 0.3) is 0 Å². The van der Waals surface area contributed by atoms with Crippen molar-refractivity contribution in [2.45, 2.75) is 18.3 Å². The van der Waals surface area contributed by atoms with E-state index in [-0.39, 0.29) is 24.0 Å². The molecule has 0 bridgehead atoms. The average molecular weight is 402 g/mol. The minimum Gasteiger partial charge on any atom is -0.357 e. The van der Waals surface area contributed by atoms with E-state index < -0.39 is 0 Å². The molecule has 0 saturated carbocycles. The Hall–Kier alpha value is 0.820. The fourth-order valence-corrected chi connectivity index (χ4v) is 4.68. The number of nitrogens with zero attached hydrogens (tertiary/aromatic N) is 4. The van der Waals surface area contributed by atoms with Crippen LogP contribution in [0.4, 0.5) is 0 Å². The summed E-state index contributed by atoms with van der Waals surface area (Å²) in [5.74, 6) is 0. The van der Waals surface area contributed by atoms with E-state index >= 15 is 0 Å². The van der Waals surface area contributed by atoms with Crippen LogP contribution in [0.15, 0.2) is 4.99 Å². The Morgan fingerprint density at radius 1 is 1.17 bits per heavy atom. The lowest BCUT2D eigenvalue weighted by Gasteiger charge is -2.30. The van der Waals surface area contributed by atoms with Crippen molar-refractivity contribution < 1.29 is 0 Å². The Labute approximate surface area is 135 Å². The van der Waals surface area contributed by atoms with Gasteiger partial charge in [0, 0.05) is 27.2 Å². The zero-order chi connectivity index (χ0) is 12.3. The van der Waals surface area contributed by atoms with Gasteiger partial charge in [-0.25, -0.2) is 4.99 Å². The summed E-state index contributed by atoms with van der Waals surface area (Å²) in [5, 5.41) is 1.15. The molecule has 0 radical (unpaired) electrons. The van der Waals surface area contributed by atoms with E-state index in [1.165, 1.54) is 39.0 Å². The summed E-state index contributed by atoms with van der Waals surface area (Å²) in [6.07, 6.45) is 2.51. The molecule has 2 aliphatic rings. The number of amidine groups is 1. The lowest BCUT2D eigenvalue weighted by Crippen LogP contribution is -2.38. The van der Waals surface area contributed by atoms with Gasteiger partial charge in [-0.3, -0.25) is 4.90 Å². The smallest absolute Gasteiger partial charge is 0.172 e. The van der Waals surface area contributed by atoms with Crippen LogP contribution in [0.5, 0.6) is 0 Å². The predicted molar refractivity (Wildman–Crippen MR) is 93.8 cm³/mol. The van der Waals surface area contributed by atoms with Crippen LogP contribution in [0.25, 0.3) is 0 Å². The van der Waals surface area contributed by atoms with Crippen LogP contribution in [0, 0.1) is 0 Å². The highest BCUT2D eigenvalue weighted by Crippen LogP contribution is 2.38. The highest BCUT2D eigenvalue weighted by atomic mass is 127. The fraction of sp³-hybridized carbons (Fsp3) is 0.909. The Morgan fingerprint density at radius 3 is 2.28 bits per heavy atom. The average Bonchev–Trinajstić information content (AvgIpc) is 2.72. The molecular formula is C11H23IN4S2. The van der Waals surface area contributed by atoms with E-state index in [0.29, 0.717) is 5.50 Å². The molecule has 0 aromatic heterocycles. The molecule has 0 amide bonds. The van der Waals surface area contributed by atoms with Gasteiger partial charge in [-0.15, -0.1) is 24.0 Å². The summed E-state index contributed by atoms with van der Waals surface area (Å²) >= 11 is 0. The van der Waals surface area contributed by atoms with Gasteiger partial charge in [0.15, 0.2) is 10.7 Å². The second kappa shape index (κ2) is 8.18. The molecule has 1 saturated heterocycles. The molecule has 0 aromatic carbocycles. The summed E-state index contributed by atoms with van der Waals surface area (Å²) in [4.78, 5) is 11.9. The van der Waals surface area contributed by atoms with Crippen molar-refractivity contribution in [3.63, 3.8) is 0 Å². The number of hydrogen-bond donors (Lipinski definition) is 0. The molecule has 4 nitrogen and oxygen atoms in total. The van der Waals surface area contributed by atoms with Crippen LogP contribution in [0.2, 0.25) is 0 Å². The third kappa shape index (κ3) is 4.73. The zero-order valence-electron chi connectivity index (χ0n) is 11.3. The molecule has 2 rings (SSSR count). The summed E-state index contributed by atoms with van der Waals surface area (Å²) in [6.45, 7) is 4.77. The van der Waals surface area contributed by atoms with Crippen molar-refractivity contribution in [1.82, 2.24) is 14.7 Å². The molecule has 7 heteroatoms. The van der Waals surface area contributed by atoms with Crippen molar-refractivity contribution in [1.29, 1.82) is 0 Å². The van der Waals surface area contributed by atoms with Crippen LogP contribution in [0.1, 0.15) is 12.8 Å². The Balaban J connectivity index is 0.00000162. The molecule has 0 spiro atoms. The normalized spacial score (nSPS) is 27.1. The second-order valence-corrected chi connectivity index (χ2v) is 7.08. The van der Waals surface area contributed by atoms with Crippen molar-refractivity contribution in [2.24, 2.45) is 4.99 Å². The highest BCUT2D eigenvalue weighted by Gasteiger charge is 2.26.